The second-order valence-electron chi connectivity index (χ2n) is 8.71. The Labute approximate surface area is 206 Å². The summed E-state index contributed by atoms with van der Waals surface area (Å²) < 4.78 is 36.0. The van der Waals surface area contributed by atoms with Crippen LogP contribution in [0.1, 0.15) is 45.1 Å². The van der Waals surface area contributed by atoms with Gasteiger partial charge < -0.3 is 14.6 Å². The summed E-state index contributed by atoms with van der Waals surface area (Å²) in [6, 6.07) is 4.75. The Morgan fingerprint density at radius 1 is 1.11 bits per heavy atom. The number of likely N-dealkylation sites (N-methyl/N-ethyl adjacent to an activating group) is 1. The number of aromatic amines is 1. The van der Waals surface area contributed by atoms with Crippen molar-refractivity contribution in [3.63, 3.8) is 0 Å². The average molecular weight is 503 g/mol. The van der Waals surface area contributed by atoms with E-state index < -0.39 is 10.0 Å². The first-order chi connectivity index (χ1) is 16.8. The van der Waals surface area contributed by atoms with E-state index in [0.29, 0.717) is 61.0 Å². The van der Waals surface area contributed by atoms with Crippen molar-refractivity contribution in [2.45, 2.75) is 51.9 Å². The molecule has 35 heavy (non-hydrogen) atoms. The Balaban J connectivity index is 1.81. The van der Waals surface area contributed by atoms with Crippen LogP contribution in [0.25, 0.3) is 16.9 Å². The fourth-order valence-corrected chi connectivity index (χ4v) is 6.03. The highest BCUT2D eigenvalue weighted by Crippen LogP contribution is 2.31. The Kier molecular flexibility index (Phi) is 7.58. The zero-order valence-corrected chi connectivity index (χ0v) is 21.7. The molecule has 11 heteroatoms. The van der Waals surface area contributed by atoms with Gasteiger partial charge in [-0.1, -0.05) is 13.8 Å². The van der Waals surface area contributed by atoms with Crippen molar-refractivity contribution in [2.24, 2.45) is 0 Å². The standard InChI is InChI=1S/C24H34N6O4S/c1-5-9-21-25-17(4)22-24(31)26-23(27-30(21)22)19-16-18(10-11-20(19)34-7-3)35(32,33)29-13-8-12-28(6-2)14-15-29/h10-11,16H,5-9,12-15H2,1-4H3,(H,26,27,31). The van der Waals surface area contributed by atoms with Gasteiger partial charge in [0.15, 0.2) is 11.3 Å². The van der Waals surface area contributed by atoms with Crippen molar-refractivity contribution >= 4 is 15.5 Å². The van der Waals surface area contributed by atoms with Gasteiger partial charge in [-0.3, -0.25) is 4.79 Å². The highest BCUT2D eigenvalue weighted by molar-refractivity contribution is 7.89. The van der Waals surface area contributed by atoms with Crippen LogP contribution < -0.4 is 10.3 Å². The first-order valence-corrected chi connectivity index (χ1v) is 13.7. The molecule has 0 bridgehead atoms. The van der Waals surface area contributed by atoms with E-state index in [4.69, 9.17) is 4.74 Å². The molecule has 4 rings (SSSR count). The number of fused-ring (bicyclic) bond motifs is 1. The molecule has 0 saturated carbocycles. The molecule has 0 radical (unpaired) electrons. The summed E-state index contributed by atoms with van der Waals surface area (Å²) in [6.45, 7) is 11.5. The van der Waals surface area contributed by atoms with Crippen molar-refractivity contribution < 1.29 is 13.2 Å². The smallest absolute Gasteiger partial charge is 0.277 e. The topological polar surface area (TPSA) is 113 Å². The number of hydrogen-bond acceptors (Lipinski definition) is 7. The van der Waals surface area contributed by atoms with E-state index in [9.17, 15) is 13.2 Å². The molecule has 190 valence electrons. The normalized spacial score (nSPS) is 16.0. The third kappa shape index (κ3) is 4.98. The minimum absolute atomic E-state index is 0.152. The molecule has 1 aliphatic heterocycles. The molecule has 1 aliphatic rings. The molecule has 1 fully saturated rings. The van der Waals surface area contributed by atoms with Crippen molar-refractivity contribution in [3.8, 4) is 17.1 Å². The van der Waals surface area contributed by atoms with E-state index in [1.165, 1.54) is 0 Å². The molecular weight excluding hydrogens is 468 g/mol. The van der Waals surface area contributed by atoms with Gasteiger partial charge in [0.25, 0.3) is 5.56 Å². The van der Waals surface area contributed by atoms with Crippen LogP contribution >= 0.6 is 0 Å². The number of H-pyrrole nitrogens is 1. The summed E-state index contributed by atoms with van der Waals surface area (Å²) in [6.07, 6.45) is 2.30. The van der Waals surface area contributed by atoms with E-state index >= 15 is 0 Å². The molecule has 0 atom stereocenters. The van der Waals surface area contributed by atoms with Crippen molar-refractivity contribution in [1.29, 1.82) is 0 Å². The van der Waals surface area contributed by atoms with Crippen LogP contribution in [-0.4, -0.2) is 76.5 Å². The Morgan fingerprint density at radius 3 is 2.63 bits per heavy atom. The van der Waals surface area contributed by atoms with Gasteiger partial charge in [0.05, 0.1) is 22.8 Å². The van der Waals surface area contributed by atoms with Crippen LogP contribution in [0.3, 0.4) is 0 Å². The van der Waals surface area contributed by atoms with E-state index in [-0.39, 0.29) is 16.3 Å². The van der Waals surface area contributed by atoms with Crippen LogP contribution in [0.15, 0.2) is 27.9 Å². The lowest BCUT2D eigenvalue weighted by atomic mass is 10.2. The summed E-state index contributed by atoms with van der Waals surface area (Å²) in [4.78, 5) is 22.7. The molecule has 0 unspecified atom stereocenters. The number of benzene rings is 1. The number of imidazole rings is 1. The van der Waals surface area contributed by atoms with Crippen molar-refractivity contribution in [1.82, 2.24) is 28.8 Å². The molecular formula is C24H34N6O4S. The number of ether oxygens (including phenoxy) is 1. The van der Waals surface area contributed by atoms with Gasteiger partial charge >= 0.3 is 0 Å². The number of rotatable bonds is 8. The lowest BCUT2D eigenvalue weighted by Crippen LogP contribution is -2.35. The van der Waals surface area contributed by atoms with E-state index in [1.54, 1.807) is 33.9 Å². The summed E-state index contributed by atoms with van der Waals surface area (Å²) in [5.74, 6) is 1.39. The number of aromatic nitrogens is 4. The first kappa shape index (κ1) is 25.3. The Morgan fingerprint density at radius 2 is 1.91 bits per heavy atom. The zero-order chi connectivity index (χ0) is 25.2. The van der Waals surface area contributed by atoms with Gasteiger partial charge in [-0.15, -0.1) is 5.10 Å². The second kappa shape index (κ2) is 10.5. The zero-order valence-electron chi connectivity index (χ0n) is 20.9. The van der Waals surface area contributed by atoms with Gasteiger partial charge in [-0.2, -0.15) is 4.31 Å². The van der Waals surface area contributed by atoms with Crippen LogP contribution in [0, 0.1) is 6.92 Å². The molecule has 1 aromatic carbocycles. The highest BCUT2D eigenvalue weighted by atomic mass is 32.2. The third-order valence-corrected chi connectivity index (χ3v) is 8.25. The number of sulfonamides is 1. The molecule has 0 spiro atoms. The molecule has 0 amide bonds. The van der Waals surface area contributed by atoms with Gasteiger partial charge in [0.2, 0.25) is 10.0 Å². The maximum atomic E-state index is 13.6. The van der Waals surface area contributed by atoms with E-state index in [2.05, 4.69) is 26.9 Å². The maximum Gasteiger partial charge on any atom is 0.277 e. The fourth-order valence-electron chi connectivity index (χ4n) is 4.53. The first-order valence-electron chi connectivity index (χ1n) is 12.3. The van der Waals surface area contributed by atoms with E-state index in [0.717, 1.165) is 25.9 Å². The Bertz CT molecular complexity index is 1360. The molecule has 10 nitrogen and oxygen atoms in total. The number of hydrogen-bond donors (Lipinski definition) is 1. The molecule has 1 saturated heterocycles. The lowest BCUT2D eigenvalue weighted by molar-refractivity contribution is 0.302. The van der Waals surface area contributed by atoms with E-state index in [1.807, 2.05) is 13.8 Å². The highest BCUT2D eigenvalue weighted by Gasteiger charge is 2.28. The maximum absolute atomic E-state index is 13.6. The number of nitrogens with one attached hydrogen (secondary N) is 1. The van der Waals surface area contributed by atoms with Crippen LogP contribution in [0.4, 0.5) is 0 Å². The largest absolute Gasteiger partial charge is 0.493 e. The molecule has 2 aromatic heterocycles. The fraction of sp³-hybridized carbons (Fsp3) is 0.542. The van der Waals surface area contributed by atoms with Crippen molar-refractivity contribution in [3.05, 3.63) is 40.1 Å². The Hall–Kier alpha value is -2.76. The number of nitrogens with zero attached hydrogens (tertiary/aromatic N) is 5. The third-order valence-electron chi connectivity index (χ3n) is 6.35. The summed E-state index contributed by atoms with van der Waals surface area (Å²) >= 11 is 0. The minimum atomic E-state index is -3.73. The van der Waals surface area contributed by atoms with Gasteiger partial charge in [-0.05, 0) is 58.0 Å². The monoisotopic (exact) mass is 502 g/mol. The predicted molar refractivity (Wildman–Crippen MR) is 134 cm³/mol. The predicted octanol–water partition coefficient (Wildman–Crippen LogP) is 2.46. The molecule has 3 heterocycles. The summed E-state index contributed by atoms with van der Waals surface area (Å²) in [5.41, 5.74) is 1.09. The van der Waals surface area contributed by atoms with Crippen molar-refractivity contribution in [2.75, 3.05) is 39.3 Å². The summed E-state index contributed by atoms with van der Waals surface area (Å²) in [5, 5.41) is 4.66. The van der Waals surface area contributed by atoms with Gasteiger partial charge in [-0.25, -0.2) is 17.9 Å². The van der Waals surface area contributed by atoms with Crippen LogP contribution in [0.2, 0.25) is 0 Å². The molecule has 3 aromatic rings. The SMILES string of the molecule is CCCc1nc(C)c2c(=O)[nH]c(-c3cc(S(=O)(=O)N4CCCN(CC)CC4)ccc3OCC)nn12. The lowest BCUT2D eigenvalue weighted by Gasteiger charge is -2.21. The van der Waals surface area contributed by atoms with Gasteiger partial charge in [0, 0.05) is 26.1 Å². The number of aryl methyl sites for hydroxylation is 2. The van der Waals surface area contributed by atoms with Crippen LogP contribution in [-0.2, 0) is 16.4 Å². The molecule has 1 N–H and O–H groups in total. The minimum Gasteiger partial charge on any atom is -0.493 e. The average Bonchev–Trinajstić information content (AvgIpc) is 3.00. The summed E-state index contributed by atoms with van der Waals surface area (Å²) in [7, 11) is -3.73. The quantitative estimate of drug-likeness (QED) is 0.503. The molecule has 0 aliphatic carbocycles. The van der Waals surface area contributed by atoms with Crippen LogP contribution in [0.5, 0.6) is 5.75 Å². The second-order valence-corrected chi connectivity index (χ2v) is 10.6. The van der Waals surface area contributed by atoms with Gasteiger partial charge in [0.1, 0.15) is 11.6 Å².